The van der Waals surface area contributed by atoms with Gasteiger partial charge in [0.1, 0.15) is 10.7 Å². The van der Waals surface area contributed by atoms with E-state index in [1.54, 1.807) is 0 Å². The van der Waals surface area contributed by atoms with Gasteiger partial charge in [-0.15, -0.1) is 12.3 Å². The molecule has 0 spiro atoms. The van der Waals surface area contributed by atoms with Gasteiger partial charge < -0.3 is 0 Å². The average Bonchev–Trinajstić information content (AvgIpc) is 1.66. The van der Waals surface area contributed by atoms with Gasteiger partial charge in [0, 0.05) is 12.2 Å². The zero-order valence-corrected chi connectivity index (χ0v) is 5.36. The Hall–Kier alpha value is -0.490. The minimum atomic E-state index is -2.21. The van der Waals surface area contributed by atoms with Crippen LogP contribution in [-0.4, -0.2) is 14.2 Å². The van der Waals surface area contributed by atoms with Crippen LogP contribution in [0.15, 0.2) is 0 Å². The monoisotopic (exact) mass is 132 g/mol. The Kier molecular flexibility index (Phi) is 4.38. The minimum absolute atomic E-state index is 0.222. The van der Waals surface area contributed by atoms with Crippen LogP contribution < -0.4 is 0 Å². The standard InChI is InChI=1S/C5H8O2S/c1-2-3-4-5-8(6)7/h1,8H,3-5H2. The molecule has 8 heavy (non-hydrogen) atoms. The largest absolute Gasteiger partial charge is 0.232 e. The van der Waals surface area contributed by atoms with Gasteiger partial charge in [0.15, 0.2) is 0 Å². The van der Waals surface area contributed by atoms with Crippen molar-refractivity contribution in [2.75, 3.05) is 5.75 Å². The highest BCUT2D eigenvalue weighted by Crippen LogP contribution is 1.84. The normalized spacial score (nSPS) is 9.00. The zero-order chi connectivity index (χ0) is 6.41. The van der Waals surface area contributed by atoms with E-state index in [0.29, 0.717) is 12.8 Å². The molecule has 0 rings (SSSR count). The lowest BCUT2D eigenvalue weighted by molar-refractivity contribution is 0.612. The fourth-order valence-electron chi connectivity index (χ4n) is 0.310. The van der Waals surface area contributed by atoms with E-state index in [2.05, 4.69) is 5.92 Å². The highest BCUT2D eigenvalue weighted by molar-refractivity contribution is 7.72. The molecule has 2 nitrogen and oxygen atoms in total. The molecule has 0 aromatic rings. The Bertz CT molecular complexity index is 144. The number of rotatable bonds is 3. The summed E-state index contributed by atoms with van der Waals surface area (Å²) in [5.74, 6) is 2.58. The van der Waals surface area contributed by atoms with E-state index < -0.39 is 10.7 Å². The molecule has 0 aliphatic carbocycles. The SMILES string of the molecule is C#CCCC[SH](=O)=O. The first-order valence-electron chi connectivity index (χ1n) is 2.32. The van der Waals surface area contributed by atoms with E-state index >= 15 is 0 Å². The fraction of sp³-hybridized carbons (Fsp3) is 0.600. The first-order valence-corrected chi connectivity index (χ1v) is 3.69. The molecular formula is C5H8O2S. The predicted molar refractivity (Wildman–Crippen MR) is 33.2 cm³/mol. The molecule has 0 bridgehead atoms. The third-order valence-electron chi connectivity index (χ3n) is 0.662. The van der Waals surface area contributed by atoms with Crippen LogP contribution in [0, 0.1) is 12.3 Å². The van der Waals surface area contributed by atoms with Crippen LogP contribution in [-0.2, 0) is 10.7 Å². The third kappa shape index (κ3) is 5.51. The van der Waals surface area contributed by atoms with Crippen LogP contribution in [0.1, 0.15) is 12.8 Å². The van der Waals surface area contributed by atoms with Gasteiger partial charge in [-0.2, -0.15) is 0 Å². The second-order valence-corrected chi connectivity index (χ2v) is 2.48. The second-order valence-electron chi connectivity index (χ2n) is 1.36. The van der Waals surface area contributed by atoms with Crippen LogP contribution in [0.2, 0.25) is 0 Å². The van der Waals surface area contributed by atoms with Gasteiger partial charge >= 0.3 is 0 Å². The molecule has 0 saturated carbocycles. The topological polar surface area (TPSA) is 34.1 Å². The number of unbranched alkanes of at least 4 members (excludes halogenated alkanes) is 1. The van der Waals surface area contributed by atoms with Crippen LogP contribution in [0.25, 0.3) is 0 Å². The van der Waals surface area contributed by atoms with Crippen molar-refractivity contribution in [3.05, 3.63) is 0 Å². The van der Waals surface area contributed by atoms with Crippen molar-refractivity contribution >= 4 is 10.7 Å². The smallest absolute Gasteiger partial charge is 0.140 e. The Morgan fingerprint density at radius 1 is 1.50 bits per heavy atom. The number of hydrogen-bond donors (Lipinski definition) is 1. The van der Waals surface area contributed by atoms with E-state index in [-0.39, 0.29) is 5.75 Å². The average molecular weight is 132 g/mol. The summed E-state index contributed by atoms with van der Waals surface area (Å²) >= 11 is 0. The summed E-state index contributed by atoms with van der Waals surface area (Å²) in [6, 6.07) is 0. The van der Waals surface area contributed by atoms with Crippen LogP contribution in [0.3, 0.4) is 0 Å². The molecule has 0 aromatic carbocycles. The molecule has 0 amide bonds. The van der Waals surface area contributed by atoms with Gasteiger partial charge in [-0.1, -0.05) is 0 Å². The van der Waals surface area contributed by atoms with Crippen molar-refractivity contribution in [1.29, 1.82) is 0 Å². The summed E-state index contributed by atoms with van der Waals surface area (Å²) < 4.78 is 19.7. The van der Waals surface area contributed by atoms with Crippen LogP contribution in [0.4, 0.5) is 0 Å². The molecular weight excluding hydrogens is 124 g/mol. The van der Waals surface area contributed by atoms with Crippen molar-refractivity contribution in [1.82, 2.24) is 0 Å². The minimum Gasteiger partial charge on any atom is -0.232 e. The molecule has 46 valence electrons. The van der Waals surface area contributed by atoms with Gasteiger partial charge in [0.05, 0.1) is 0 Å². The lowest BCUT2D eigenvalue weighted by Gasteiger charge is -1.81. The van der Waals surface area contributed by atoms with E-state index in [9.17, 15) is 8.42 Å². The Morgan fingerprint density at radius 3 is 2.50 bits per heavy atom. The molecule has 0 aromatic heterocycles. The van der Waals surface area contributed by atoms with E-state index in [0.717, 1.165) is 0 Å². The number of terminal acetylenes is 1. The number of thiol groups is 1. The van der Waals surface area contributed by atoms with Crippen LogP contribution >= 0.6 is 0 Å². The molecule has 0 saturated heterocycles. The number of hydrogen-bond acceptors (Lipinski definition) is 2. The van der Waals surface area contributed by atoms with Gasteiger partial charge in [-0.25, -0.2) is 8.42 Å². The van der Waals surface area contributed by atoms with Crippen molar-refractivity contribution in [2.24, 2.45) is 0 Å². The highest BCUT2D eigenvalue weighted by Gasteiger charge is 1.83. The molecule has 0 aliphatic heterocycles. The van der Waals surface area contributed by atoms with E-state index in [1.165, 1.54) is 0 Å². The lowest BCUT2D eigenvalue weighted by atomic mass is 10.4. The fourth-order valence-corrected chi connectivity index (χ4v) is 0.727. The summed E-state index contributed by atoms with van der Waals surface area (Å²) in [5, 5.41) is 0. The second kappa shape index (κ2) is 4.66. The zero-order valence-electron chi connectivity index (χ0n) is 4.46. The molecule has 0 radical (unpaired) electrons. The van der Waals surface area contributed by atoms with Gasteiger partial charge in [0.2, 0.25) is 0 Å². The predicted octanol–water partition coefficient (Wildman–Crippen LogP) is 0.0112. The van der Waals surface area contributed by atoms with Crippen molar-refractivity contribution in [2.45, 2.75) is 12.8 Å². The molecule has 3 heteroatoms. The summed E-state index contributed by atoms with van der Waals surface area (Å²) in [6.07, 6.45) is 6.02. The van der Waals surface area contributed by atoms with Crippen molar-refractivity contribution in [3.8, 4) is 12.3 Å². The van der Waals surface area contributed by atoms with Crippen molar-refractivity contribution < 1.29 is 8.42 Å². The molecule has 0 heterocycles. The summed E-state index contributed by atoms with van der Waals surface area (Å²) in [4.78, 5) is 0. The Morgan fingerprint density at radius 2 is 2.12 bits per heavy atom. The lowest BCUT2D eigenvalue weighted by Crippen LogP contribution is -1.84. The maximum atomic E-state index is 9.84. The summed E-state index contributed by atoms with van der Waals surface area (Å²) in [5.41, 5.74) is 0. The first kappa shape index (κ1) is 7.51. The molecule has 0 fully saturated rings. The first-order chi connectivity index (χ1) is 3.77. The van der Waals surface area contributed by atoms with Gasteiger partial charge in [-0.3, -0.25) is 0 Å². The molecule has 0 aliphatic rings. The quantitative estimate of drug-likeness (QED) is 0.333. The molecule has 0 atom stereocenters. The van der Waals surface area contributed by atoms with Crippen LogP contribution in [0.5, 0.6) is 0 Å². The maximum absolute atomic E-state index is 9.84. The van der Waals surface area contributed by atoms with E-state index in [1.807, 2.05) is 0 Å². The summed E-state index contributed by atoms with van der Waals surface area (Å²) in [7, 11) is -2.21. The molecule has 0 N–H and O–H groups in total. The molecule has 0 unspecified atom stereocenters. The summed E-state index contributed by atoms with van der Waals surface area (Å²) in [6.45, 7) is 0. The Balaban J connectivity index is 3.09. The van der Waals surface area contributed by atoms with E-state index in [4.69, 9.17) is 6.42 Å². The third-order valence-corrected chi connectivity index (χ3v) is 1.34. The van der Waals surface area contributed by atoms with Crippen molar-refractivity contribution in [3.63, 3.8) is 0 Å². The van der Waals surface area contributed by atoms with Gasteiger partial charge in [-0.05, 0) is 6.42 Å². The highest BCUT2D eigenvalue weighted by atomic mass is 32.2. The maximum Gasteiger partial charge on any atom is 0.140 e. The van der Waals surface area contributed by atoms with Gasteiger partial charge in [0.25, 0.3) is 0 Å². The Labute approximate surface area is 50.9 Å².